The molecule has 0 saturated carbocycles. The van der Waals surface area contributed by atoms with Crippen molar-refractivity contribution in [3.63, 3.8) is 0 Å². The van der Waals surface area contributed by atoms with Crippen molar-refractivity contribution >= 4 is 11.9 Å². The molecule has 1 N–H and O–H groups in total. The molecular formula is C24H34N2O4. The lowest BCUT2D eigenvalue weighted by Crippen LogP contribution is -2.51. The lowest BCUT2D eigenvalue weighted by atomic mass is 9.74. The van der Waals surface area contributed by atoms with Gasteiger partial charge in [-0.05, 0) is 55.7 Å². The molecule has 164 valence electrons. The lowest BCUT2D eigenvalue weighted by molar-refractivity contribution is -0.141. The average Bonchev–Trinajstić information content (AvgIpc) is 2.89. The van der Waals surface area contributed by atoms with Crippen LogP contribution < -0.4 is 0 Å². The number of benzene rings is 1. The molecule has 3 aliphatic rings. The first kappa shape index (κ1) is 21.3. The van der Waals surface area contributed by atoms with Crippen LogP contribution in [0.2, 0.25) is 0 Å². The summed E-state index contributed by atoms with van der Waals surface area (Å²) in [6.07, 6.45) is 5.55. The summed E-state index contributed by atoms with van der Waals surface area (Å²) < 4.78 is 5.53. The van der Waals surface area contributed by atoms with Gasteiger partial charge < -0.3 is 19.6 Å². The summed E-state index contributed by atoms with van der Waals surface area (Å²) in [5, 5.41) is 9.02. The van der Waals surface area contributed by atoms with Gasteiger partial charge in [0, 0.05) is 51.2 Å². The fourth-order valence-electron chi connectivity index (χ4n) is 5.59. The molecule has 2 saturated heterocycles. The van der Waals surface area contributed by atoms with Crippen molar-refractivity contribution in [1.82, 2.24) is 9.80 Å². The predicted octanol–water partition coefficient (Wildman–Crippen LogP) is 2.94. The van der Waals surface area contributed by atoms with Crippen LogP contribution in [0.25, 0.3) is 0 Å². The minimum atomic E-state index is -0.909. The second-order valence-corrected chi connectivity index (χ2v) is 9.48. The molecular weight excluding hydrogens is 380 g/mol. The largest absolute Gasteiger partial charge is 0.481 e. The monoisotopic (exact) mass is 414 g/mol. The van der Waals surface area contributed by atoms with Crippen LogP contribution in [0.5, 0.6) is 0 Å². The van der Waals surface area contributed by atoms with Crippen molar-refractivity contribution in [3.8, 4) is 0 Å². The maximum atomic E-state index is 12.9. The van der Waals surface area contributed by atoms with Gasteiger partial charge >= 0.3 is 5.97 Å². The smallest absolute Gasteiger partial charge is 0.303 e. The summed E-state index contributed by atoms with van der Waals surface area (Å²) in [7, 11) is 0. The topological polar surface area (TPSA) is 70.1 Å². The maximum Gasteiger partial charge on any atom is 0.303 e. The number of hydrogen-bond donors (Lipinski definition) is 1. The van der Waals surface area contributed by atoms with Crippen LogP contribution in [0.3, 0.4) is 0 Å². The Kier molecular flexibility index (Phi) is 6.74. The van der Waals surface area contributed by atoms with Crippen molar-refractivity contribution < 1.29 is 19.4 Å². The quantitative estimate of drug-likeness (QED) is 0.802. The van der Waals surface area contributed by atoms with E-state index in [2.05, 4.69) is 23.1 Å². The number of likely N-dealkylation sites (tertiary alicyclic amines) is 1. The molecule has 3 heterocycles. The summed E-state index contributed by atoms with van der Waals surface area (Å²) in [5.41, 5.74) is 2.60. The Labute approximate surface area is 179 Å². The van der Waals surface area contributed by atoms with Crippen LogP contribution in [-0.4, -0.2) is 66.2 Å². The SMILES string of the molecule is O=C(O)CCC(=O)N1Cc2ccccc2CC2(CCCN(CC3CCOCC3)C2)C1. The number of fused-ring (bicyclic) bond motifs is 1. The zero-order chi connectivity index (χ0) is 21.0. The molecule has 6 nitrogen and oxygen atoms in total. The molecule has 0 aromatic heterocycles. The fourth-order valence-corrected chi connectivity index (χ4v) is 5.59. The predicted molar refractivity (Wildman–Crippen MR) is 114 cm³/mol. The Balaban J connectivity index is 1.52. The molecule has 2 fully saturated rings. The van der Waals surface area contributed by atoms with Gasteiger partial charge in [-0.3, -0.25) is 9.59 Å². The minimum Gasteiger partial charge on any atom is -0.481 e. The van der Waals surface area contributed by atoms with Crippen molar-refractivity contribution in [2.24, 2.45) is 11.3 Å². The van der Waals surface area contributed by atoms with Gasteiger partial charge in [0.05, 0.1) is 6.42 Å². The lowest BCUT2D eigenvalue weighted by Gasteiger charge is -2.45. The highest BCUT2D eigenvalue weighted by Gasteiger charge is 2.41. The Morgan fingerprint density at radius 3 is 2.63 bits per heavy atom. The van der Waals surface area contributed by atoms with Crippen LogP contribution in [0, 0.1) is 11.3 Å². The first-order chi connectivity index (χ1) is 14.5. The van der Waals surface area contributed by atoms with E-state index >= 15 is 0 Å². The van der Waals surface area contributed by atoms with Gasteiger partial charge in [-0.2, -0.15) is 0 Å². The van der Waals surface area contributed by atoms with Crippen molar-refractivity contribution in [2.75, 3.05) is 39.4 Å². The number of nitrogens with zero attached hydrogens (tertiary/aromatic N) is 2. The third kappa shape index (κ3) is 5.22. The highest BCUT2D eigenvalue weighted by molar-refractivity contribution is 5.80. The summed E-state index contributed by atoms with van der Waals surface area (Å²) in [5.74, 6) is -0.233. The number of piperidine rings is 1. The van der Waals surface area contributed by atoms with E-state index in [1.54, 1.807) is 0 Å². The number of ether oxygens (including phenoxy) is 1. The molecule has 1 aromatic carbocycles. The Morgan fingerprint density at radius 1 is 1.10 bits per heavy atom. The average molecular weight is 415 g/mol. The number of carboxylic acid groups (broad SMARTS) is 1. The van der Waals surface area contributed by atoms with Gasteiger partial charge in [0.2, 0.25) is 5.91 Å². The molecule has 0 aliphatic carbocycles. The Hall–Kier alpha value is -1.92. The molecule has 1 unspecified atom stereocenters. The first-order valence-corrected chi connectivity index (χ1v) is 11.4. The van der Waals surface area contributed by atoms with E-state index in [4.69, 9.17) is 9.84 Å². The number of amides is 1. The van der Waals surface area contributed by atoms with E-state index in [0.29, 0.717) is 12.5 Å². The summed E-state index contributed by atoms with van der Waals surface area (Å²) in [4.78, 5) is 28.5. The van der Waals surface area contributed by atoms with Crippen LogP contribution in [0.1, 0.15) is 49.7 Å². The van der Waals surface area contributed by atoms with E-state index in [-0.39, 0.29) is 24.2 Å². The van der Waals surface area contributed by atoms with Crippen LogP contribution in [0.15, 0.2) is 24.3 Å². The van der Waals surface area contributed by atoms with Gasteiger partial charge in [0.15, 0.2) is 0 Å². The summed E-state index contributed by atoms with van der Waals surface area (Å²) in [6, 6.07) is 8.46. The third-order valence-electron chi connectivity index (χ3n) is 7.07. The first-order valence-electron chi connectivity index (χ1n) is 11.4. The van der Waals surface area contributed by atoms with E-state index in [1.165, 1.54) is 11.1 Å². The zero-order valence-corrected chi connectivity index (χ0v) is 17.9. The number of carbonyl (C=O) groups is 2. The zero-order valence-electron chi connectivity index (χ0n) is 17.9. The number of rotatable bonds is 5. The number of carboxylic acids is 1. The summed E-state index contributed by atoms with van der Waals surface area (Å²) >= 11 is 0. The fraction of sp³-hybridized carbons (Fsp3) is 0.667. The van der Waals surface area contributed by atoms with Gasteiger partial charge in [0.1, 0.15) is 0 Å². The van der Waals surface area contributed by atoms with E-state index < -0.39 is 5.97 Å². The second kappa shape index (κ2) is 9.48. The van der Waals surface area contributed by atoms with E-state index in [0.717, 1.165) is 71.5 Å². The van der Waals surface area contributed by atoms with Crippen LogP contribution in [-0.2, 0) is 27.3 Å². The van der Waals surface area contributed by atoms with E-state index in [1.807, 2.05) is 11.0 Å². The van der Waals surface area contributed by atoms with Crippen molar-refractivity contribution in [3.05, 3.63) is 35.4 Å². The molecule has 1 aromatic rings. The minimum absolute atomic E-state index is 0.0324. The number of carbonyl (C=O) groups excluding carboxylic acids is 1. The van der Waals surface area contributed by atoms with Crippen molar-refractivity contribution in [1.29, 1.82) is 0 Å². The second-order valence-electron chi connectivity index (χ2n) is 9.48. The highest BCUT2D eigenvalue weighted by Crippen LogP contribution is 2.39. The van der Waals surface area contributed by atoms with Gasteiger partial charge in [0.25, 0.3) is 0 Å². The van der Waals surface area contributed by atoms with Gasteiger partial charge in [-0.15, -0.1) is 0 Å². The maximum absolute atomic E-state index is 12.9. The van der Waals surface area contributed by atoms with Crippen molar-refractivity contribution in [2.45, 2.75) is 51.5 Å². The third-order valence-corrected chi connectivity index (χ3v) is 7.07. The standard InChI is InChI=1S/C24H34N2O4/c27-22(6-7-23(28)29)26-16-21-5-2-1-4-20(21)14-24(18-26)10-3-11-25(17-24)15-19-8-12-30-13-9-19/h1-2,4-5,19H,3,6-18H2,(H,28,29). The van der Waals surface area contributed by atoms with Crippen LogP contribution in [0.4, 0.5) is 0 Å². The molecule has 30 heavy (non-hydrogen) atoms. The highest BCUT2D eigenvalue weighted by atomic mass is 16.5. The van der Waals surface area contributed by atoms with Gasteiger partial charge in [-0.25, -0.2) is 0 Å². The summed E-state index contributed by atoms with van der Waals surface area (Å²) in [6.45, 7) is 6.35. The molecule has 1 amide bonds. The molecule has 3 aliphatic heterocycles. The molecule has 1 atom stereocenters. The number of aliphatic carboxylic acids is 1. The molecule has 0 bridgehead atoms. The number of hydrogen-bond acceptors (Lipinski definition) is 4. The molecule has 0 radical (unpaired) electrons. The van der Waals surface area contributed by atoms with Crippen LogP contribution >= 0.6 is 0 Å². The molecule has 4 rings (SSSR count). The van der Waals surface area contributed by atoms with Gasteiger partial charge in [-0.1, -0.05) is 24.3 Å². The Bertz CT molecular complexity index is 761. The van der Waals surface area contributed by atoms with E-state index in [9.17, 15) is 9.59 Å². The normalized spacial score (nSPS) is 25.7. The Morgan fingerprint density at radius 2 is 1.87 bits per heavy atom. The molecule has 1 spiro atoms. The molecule has 6 heteroatoms.